The van der Waals surface area contributed by atoms with Crippen molar-refractivity contribution in [2.24, 2.45) is 11.8 Å². The highest BCUT2D eigenvalue weighted by molar-refractivity contribution is 7.81. The Labute approximate surface area is 101 Å². The first-order chi connectivity index (χ1) is 7.04. The lowest BCUT2D eigenvalue weighted by molar-refractivity contribution is 0.116. The smallest absolute Gasteiger partial charge is 0.0237 e. The summed E-state index contributed by atoms with van der Waals surface area (Å²) in [6, 6.07) is 0.661. The molecule has 15 heavy (non-hydrogen) atoms. The highest BCUT2D eigenvalue weighted by atomic mass is 32.1. The molecule has 2 atom stereocenters. The molecule has 1 fully saturated rings. The predicted octanol–water partition coefficient (Wildman–Crippen LogP) is 3.45. The van der Waals surface area contributed by atoms with Crippen molar-refractivity contribution < 1.29 is 0 Å². The Morgan fingerprint density at radius 2 is 1.40 bits per heavy atom. The number of hydrogen-bond acceptors (Lipinski definition) is 2. The Morgan fingerprint density at radius 3 is 1.80 bits per heavy atom. The third kappa shape index (κ3) is 3.67. The van der Waals surface area contributed by atoms with Gasteiger partial charge in [-0.1, -0.05) is 34.1 Å². The summed E-state index contributed by atoms with van der Waals surface area (Å²) in [5.74, 6) is 1.38. The molecule has 1 saturated heterocycles. The number of piperidine rings is 1. The molecule has 0 radical (unpaired) electrons. The average Bonchev–Trinajstić information content (AvgIpc) is 2.18. The fourth-order valence-electron chi connectivity index (χ4n) is 2.64. The average molecular weight is 229 g/mol. The lowest BCUT2D eigenvalue weighted by Crippen LogP contribution is -2.48. The van der Waals surface area contributed by atoms with Crippen molar-refractivity contribution in [3.63, 3.8) is 0 Å². The topological polar surface area (TPSA) is 3.24 Å². The van der Waals surface area contributed by atoms with Gasteiger partial charge in [-0.05, 0) is 37.8 Å². The first-order valence-corrected chi connectivity index (χ1v) is 6.97. The number of nitrogens with zero attached hydrogens (tertiary/aromatic N) is 1. The van der Waals surface area contributed by atoms with Crippen molar-refractivity contribution in [3.05, 3.63) is 0 Å². The van der Waals surface area contributed by atoms with Gasteiger partial charge in [-0.25, -0.2) is 0 Å². The van der Waals surface area contributed by atoms with Crippen LogP contribution in [0.15, 0.2) is 0 Å². The van der Waals surface area contributed by atoms with Crippen LogP contribution in [0.1, 0.15) is 47.0 Å². The molecule has 90 valence electrons. The SMILES string of the molecule is CC(C)[C@@H](S)[C@H](C(C)C)N1CCCCC1. The van der Waals surface area contributed by atoms with Crippen LogP contribution in [0.2, 0.25) is 0 Å². The van der Waals surface area contributed by atoms with E-state index < -0.39 is 0 Å². The third-order valence-electron chi connectivity index (χ3n) is 3.53. The van der Waals surface area contributed by atoms with Gasteiger partial charge in [-0.2, -0.15) is 12.6 Å². The van der Waals surface area contributed by atoms with Crippen LogP contribution >= 0.6 is 12.6 Å². The van der Waals surface area contributed by atoms with Gasteiger partial charge in [0.15, 0.2) is 0 Å². The van der Waals surface area contributed by atoms with Crippen LogP contribution in [-0.4, -0.2) is 29.3 Å². The van der Waals surface area contributed by atoms with E-state index in [1.165, 1.54) is 32.4 Å². The lowest BCUT2D eigenvalue weighted by Gasteiger charge is -2.41. The number of rotatable bonds is 4. The van der Waals surface area contributed by atoms with E-state index in [4.69, 9.17) is 12.6 Å². The van der Waals surface area contributed by atoms with E-state index in [-0.39, 0.29) is 0 Å². The zero-order valence-electron chi connectivity index (χ0n) is 10.7. The van der Waals surface area contributed by atoms with Gasteiger partial charge in [0, 0.05) is 11.3 Å². The largest absolute Gasteiger partial charge is 0.299 e. The van der Waals surface area contributed by atoms with Crippen LogP contribution in [0.3, 0.4) is 0 Å². The maximum absolute atomic E-state index is 4.83. The minimum absolute atomic E-state index is 0.517. The molecule has 1 rings (SSSR count). The first-order valence-electron chi connectivity index (χ1n) is 6.46. The van der Waals surface area contributed by atoms with Crippen molar-refractivity contribution in [1.29, 1.82) is 0 Å². The summed E-state index contributed by atoms with van der Waals surface area (Å²) < 4.78 is 0. The van der Waals surface area contributed by atoms with E-state index in [0.29, 0.717) is 23.1 Å². The van der Waals surface area contributed by atoms with Crippen molar-refractivity contribution in [2.45, 2.75) is 58.2 Å². The molecule has 0 aromatic heterocycles. The van der Waals surface area contributed by atoms with Crippen molar-refractivity contribution in [1.82, 2.24) is 4.90 Å². The van der Waals surface area contributed by atoms with E-state index in [1.54, 1.807) is 0 Å². The molecule has 2 heteroatoms. The van der Waals surface area contributed by atoms with Crippen LogP contribution in [0.25, 0.3) is 0 Å². The van der Waals surface area contributed by atoms with Gasteiger partial charge in [-0.3, -0.25) is 4.90 Å². The summed E-state index contributed by atoms with van der Waals surface area (Å²) in [5.41, 5.74) is 0. The summed E-state index contributed by atoms with van der Waals surface area (Å²) >= 11 is 4.83. The molecular weight excluding hydrogens is 202 g/mol. The number of thiol groups is 1. The Hall–Kier alpha value is 0.310. The van der Waals surface area contributed by atoms with Gasteiger partial charge < -0.3 is 0 Å². The Morgan fingerprint density at radius 1 is 0.867 bits per heavy atom. The lowest BCUT2D eigenvalue weighted by atomic mass is 9.91. The molecule has 1 aliphatic rings. The normalized spacial score (nSPS) is 23.4. The van der Waals surface area contributed by atoms with Crippen LogP contribution in [0, 0.1) is 11.8 Å². The van der Waals surface area contributed by atoms with Gasteiger partial charge in [0.2, 0.25) is 0 Å². The Bertz CT molecular complexity index is 173. The van der Waals surface area contributed by atoms with Crippen LogP contribution in [-0.2, 0) is 0 Å². The van der Waals surface area contributed by atoms with Gasteiger partial charge in [0.1, 0.15) is 0 Å². The molecule has 0 amide bonds. The second-order valence-corrected chi connectivity index (χ2v) is 6.16. The molecule has 0 spiro atoms. The van der Waals surface area contributed by atoms with Crippen LogP contribution < -0.4 is 0 Å². The zero-order valence-corrected chi connectivity index (χ0v) is 11.6. The second kappa shape index (κ2) is 6.15. The second-order valence-electron chi connectivity index (χ2n) is 5.57. The molecule has 1 aliphatic heterocycles. The Kier molecular flexibility index (Phi) is 5.48. The molecule has 0 unspecified atom stereocenters. The van der Waals surface area contributed by atoms with Crippen LogP contribution in [0.5, 0.6) is 0 Å². The van der Waals surface area contributed by atoms with Gasteiger partial charge >= 0.3 is 0 Å². The molecule has 0 aliphatic carbocycles. The minimum atomic E-state index is 0.517. The summed E-state index contributed by atoms with van der Waals surface area (Å²) in [6.45, 7) is 11.8. The summed E-state index contributed by atoms with van der Waals surface area (Å²) in [6.07, 6.45) is 4.17. The molecule has 1 nitrogen and oxygen atoms in total. The molecule has 0 bridgehead atoms. The quantitative estimate of drug-likeness (QED) is 0.723. The van der Waals surface area contributed by atoms with E-state index in [0.717, 1.165) is 0 Å². The number of hydrogen-bond donors (Lipinski definition) is 1. The summed E-state index contributed by atoms with van der Waals surface area (Å²) in [5, 5.41) is 0.517. The molecular formula is C13H27NS. The molecule has 0 aromatic carbocycles. The molecule has 0 aromatic rings. The summed E-state index contributed by atoms with van der Waals surface area (Å²) in [7, 11) is 0. The molecule has 1 heterocycles. The Balaban J connectivity index is 2.63. The van der Waals surface area contributed by atoms with Gasteiger partial charge in [0.05, 0.1) is 0 Å². The van der Waals surface area contributed by atoms with E-state index in [1.807, 2.05) is 0 Å². The van der Waals surface area contributed by atoms with Crippen molar-refractivity contribution in [3.8, 4) is 0 Å². The molecule has 0 N–H and O–H groups in total. The van der Waals surface area contributed by atoms with Crippen molar-refractivity contribution in [2.75, 3.05) is 13.1 Å². The predicted molar refractivity (Wildman–Crippen MR) is 71.7 cm³/mol. The van der Waals surface area contributed by atoms with Gasteiger partial charge in [0.25, 0.3) is 0 Å². The number of likely N-dealkylation sites (tertiary alicyclic amines) is 1. The molecule has 0 saturated carbocycles. The fraction of sp³-hybridized carbons (Fsp3) is 1.00. The van der Waals surface area contributed by atoms with Crippen molar-refractivity contribution >= 4 is 12.6 Å². The third-order valence-corrected chi connectivity index (χ3v) is 4.43. The standard InChI is InChI=1S/C13H27NS/c1-10(2)12(13(15)11(3)4)14-8-6-5-7-9-14/h10-13,15H,5-9H2,1-4H3/t12-,13+/m0/s1. The van der Waals surface area contributed by atoms with Crippen LogP contribution in [0.4, 0.5) is 0 Å². The highest BCUT2D eigenvalue weighted by Crippen LogP contribution is 2.26. The maximum atomic E-state index is 4.83. The first kappa shape index (κ1) is 13.4. The minimum Gasteiger partial charge on any atom is -0.299 e. The zero-order chi connectivity index (χ0) is 11.4. The summed E-state index contributed by atoms with van der Waals surface area (Å²) in [4.78, 5) is 2.67. The van der Waals surface area contributed by atoms with E-state index in [2.05, 4.69) is 32.6 Å². The fourth-order valence-corrected chi connectivity index (χ4v) is 3.18. The van der Waals surface area contributed by atoms with Gasteiger partial charge in [-0.15, -0.1) is 0 Å². The maximum Gasteiger partial charge on any atom is 0.0237 e. The van der Waals surface area contributed by atoms with E-state index in [9.17, 15) is 0 Å². The highest BCUT2D eigenvalue weighted by Gasteiger charge is 2.30. The van der Waals surface area contributed by atoms with E-state index >= 15 is 0 Å². The monoisotopic (exact) mass is 229 g/mol.